The first-order valence-corrected chi connectivity index (χ1v) is 9.37. The molecule has 0 atom stereocenters. The lowest BCUT2D eigenvalue weighted by atomic mass is 10.2. The lowest BCUT2D eigenvalue weighted by Gasteiger charge is -2.17. The summed E-state index contributed by atoms with van der Waals surface area (Å²) in [6.45, 7) is 3.21. The van der Waals surface area contributed by atoms with Crippen LogP contribution in [0.4, 0.5) is 0 Å². The number of aliphatic imine (C=N–C) groups is 1. The summed E-state index contributed by atoms with van der Waals surface area (Å²) >= 11 is 0. The SMILES string of the molecule is CN(C)C(=NCc1ccccc1)NCCCCOCCc1ccccc1. The molecular weight excluding hydrogens is 322 g/mol. The molecule has 2 aromatic carbocycles. The smallest absolute Gasteiger partial charge is 0.193 e. The molecule has 0 fully saturated rings. The topological polar surface area (TPSA) is 36.9 Å². The third-order valence-corrected chi connectivity index (χ3v) is 4.05. The van der Waals surface area contributed by atoms with Gasteiger partial charge in [0.1, 0.15) is 0 Å². The minimum atomic E-state index is 0.698. The second-order valence-corrected chi connectivity index (χ2v) is 6.50. The van der Waals surface area contributed by atoms with E-state index in [1.807, 2.05) is 43.3 Å². The van der Waals surface area contributed by atoms with Crippen molar-refractivity contribution in [2.75, 3.05) is 33.9 Å². The first-order chi connectivity index (χ1) is 12.8. The van der Waals surface area contributed by atoms with Crippen LogP contribution < -0.4 is 5.32 Å². The molecule has 0 saturated carbocycles. The second kappa shape index (κ2) is 12.1. The van der Waals surface area contributed by atoms with E-state index in [1.165, 1.54) is 11.1 Å². The van der Waals surface area contributed by atoms with Crippen LogP contribution in [-0.4, -0.2) is 44.7 Å². The normalized spacial score (nSPS) is 11.4. The Morgan fingerprint density at radius 2 is 1.54 bits per heavy atom. The predicted molar refractivity (Wildman–Crippen MR) is 109 cm³/mol. The fourth-order valence-corrected chi connectivity index (χ4v) is 2.57. The Morgan fingerprint density at radius 1 is 0.885 bits per heavy atom. The quantitative estimate of drug-likeness (QED) is 0.402. The van der Waals surface area contributed by atoms with E-state index in [-0.39, 0.29) is 0 Å². The third kappa shape index (κ3) is 8.17. The van der Waals surface area contributed by atoms with Gasteiger partial charge in [0, 0.05) is 27.2 Å². The summed E-state index contributed by atoms with van der Waals surface area (Å²) in [6.07, 6.45) is 3.11. The number of benzene rings is 2. The van der Waals surface area contributed by atoms with Gasteiger partial charge in [-0.15, -0.1) is 0 Å². The highest BCUT2D eigenvalue weighted by molar-refractivity contribution is 5.79. The van der Waals surface area contributed by atoms with E-state index in [4.69, 9.17) is 4.74 Å². The highest BCUT2D eigenvalue weighted by Crippen LogP contribution is 2.01. The molecule has 2 aromatic rings. The molecule has 0 unspecified atom stereocenters. The molecule has 0 bridgehead atoms. The number of hydrogen-bond acceptors (Lipinski definition) is 2. The summed E-state index contributed by atoms with van der Waals surface area (Å²) in [7, 11) is 4.03. The summed E-state index contributed by atoms with van der Waals surface area (Å²) < 4.78 is 5.73. The van der Waals surface area contributed by atoms with E-state index in [1.54, 1.807) is 0 Å². The molecule has 2 rings (SSSR count). The van der Waals surface area contributed by atoms with Crippen LogP contribution in [-0.2, 0) is 17.7 Å². The molecule has 0 aliphatic heterocycles. The van der Waals surface area contributed by atoms with Crippen LogP contribution in [0.25, 0.3) is 0 Å². The molecule has 26 heavy (non-hydrogen) atoms. The lowest BCUT2D eigenvalue weighted by molar-refractivity contribution is 0.133. The summed E-state index contributed by atoms with van der Waals surface area (Å²) in [4.78, 5) is 6.70. The minimum absolute atomic E-state index is 0.698. The van der Waals surface area contributed by atoms with Gasteiger partial charge in [0.2, 0.25) is 0 Å². The van der Waals surface area contributed by atoms with Crippen molar-refractivity contribution in [1.82, 2.24) is 10.2 Å². The molecule has 0 heterocycles. The molecule has 0 saturated heterocycles. The van der Waals surface area contributed by atoms with E-state index in [0.717, 1.165) is 45.0 Å². The van der Waals surface area contributed by atoms with Gasteiger partial charge in [-0.25, -0.2) is 4.99 Å². The highest BCUT2D eigenvalue weighted by atomic mass is 16.5. The minimum Gasteiger partial charge on any atom is -0.381 e. The van der Waals surface area contributed by atoms with Gasteiger partial charge in [-0.1, -0.05) is 60.7 Å². The average molecular weight is 354 g/mol. The van der Waals surface area contributed by atoms with E-state index < -0.39 is 0 Å². The molecule has 0 aliphatic rings. The Kier molecular flexibility index (Phi) is 9.30. The fourth-order valence-electron chi connectivity index (χ4n) is 2.57. The van der Waals surface area contributed by atoms with Crippen LogP contribution in [0.15, 0.2) is 65.7 Å². The molecule has 0 radical (unpaired) electrons. The molecule has 4 nitrogen and oxygen atoms in total. The molecule has 0 aromatic heterocycles. The van der Waals surface area contributed by atoms with E-state index >= 15 is 0 Å². The number of ether oxygens (including phenoxy) is 1. The number of hydrogen-bond donors (Lipinski definition) is 1. The van der Waals surface area contributed by atoms with Gasteiger partial charge >= 0.3 is 0 Å². The summed E-state index contributed by atoms with van der Waals surface area (Å²) in [5.74, 6) is 0.929. The lowest BCUT2D eigenvalue weighted by Crippen LogP contribution is -2.37. The fraction of sp³-hybridized carbons (Fsp3) is 0.409. The number of guanidine groups is 1. The third-order valence-electron chi connectivity index (χ3n) is 4.05. The summed E-state index contributed by atoms with van der Waals surface area (Å²) in [5, 5.41) is 3.43. The Hall–Kier alpha value is -2.33. The average Bonchev–Trinajstić information content (AvgIpc) is 2.67. The van der Waals surface area contributed by atoms with Crippen molar-refractivity contribution in [3.05, 3.63) is 71.8 Å². The number of rotatable bonds is 10. The van der Waals surface area contributed by atoms with E-state index in [0.29, 0.717) is 6.54 Å². The summed E-state index contributed by atoms with van der Waals surface area (Å²) in [5.41, 5.74) is 2.56. The molecular formula is C22H31N3O. The zero-order chi connectivity index (χ0) is 18.5. The standard InChI is InChI=1S/C22H31N3O/c1-25(2)22(24-19-21-13-7-4-8-14-21)23-16-9-10-17-26-18-15-20-11-5-3-6-12-20/h3-8,11-14H,9-10,15-19H2,1-2H3,(H,23,24). The van der Waals surface area contributed by atoms with Crippen LogP contribution in [0.5, 0.6) is 0 Å². The Morgan fingerprint density at radius 3 is 2.19 bits per heavy atom. The van der Waals surface area contributed by atoms with Crippen molar-refractivity contribution in [1.29, 1.82) is 0 Å². The van der Waals surface area contributed by atoms with Crippen molar-refractivity contribution in [3.63, 3.8) is 0 Å². The van der Waals surface area contributed by atoms with Crippen molar-refractivity contribution < 1.29 is 4.74 Å². The number of unbranched alkanes of at least 4 members (excludes halogenated alkanes) is 1. The van der Waals surface area contributed by atoms with Crippen molar-refractivity contribution in [3.8, 4) is 0 Å². The van der Waals surface area contributed by atoms with Gasteiger partial charge in [0.25, 0.3) is 0 Å². The van der Waals surface area contributed by atoms with Gasteiger partial charge in [-0.3, -0.25) is 0 Å². The van der Waals surface area contributed by atoms with Crippen LogP contribution in [0.3, 0.4) is 0 Å². The van der Waals surface area contributed by atoms with Gasteiger partial charge in [0.05, 0.1) is 13.2 Å². The van der Waals surface area contributed by atoms with Crippen LogP contribution >= 0.6 is 0 Å². The first kappa shape index (κ1) is 20.0. The predicted octanol–water partition coefficient (Wildman–Crippen LogP) is 3.73. The maximum atomic E-state index is 5.73. The van der Waals surface area contributed by atoms with Crippen LogP contribution in [0.1, 0.15) is 24.0 Å². The highest BCUT2D eigenvalue weighted by Gasteiger charge is 2.01. The monoisotopic (exact) mass is 353 g/mol. The largest absolute Gasteiger partial charge is 0.381 e. The Balaban J connectivity index is 1.56. The zero-order valence-electron chi connectivity index (χ0n) is 16.0. The second-order valence-electron chi connectivity index (χ2n) is 6.50. The van der Waals surface area contributed by atoms with Crippen molar-refractivity contribution in [2.45, 2.75) is 25.8 Å². The van der Waals surface area contributed by atoms with E-state index in [2.05, 4.69) is 46.7 Å². The van der Waals surface area contributed by atoms with Crippen LogP contribution in [0.2, 0.25) is 0 Å². The molecule has 140 valence electrons. The summed E-state index contributed by atoms with van der Waals surface area (Å²) in [6, 6.07) is 20.8. The van der Waals surface area contributed by atoms with Crippen molar-refractivity contribution >= 4 is 5.96 Å². The Labute approximate surface area is 157 Å². The number of nitrogens with one attached hydrogen (secondary N) is 1. The van der Waals surface area contributed by atoms with Gasteiger partial charge < -0.3 is 15.0 Å². The molecule has 0 aliphatic carbocycles. The van der Waals surface area contributed by atoms with Gasteiger partial charge in [-0.05, 0) is 30.4 Å². The first-order valence-electron chi connectivity index (χ1n) is 9.37. The van der Waals surface area contributed by atoms with Gasteiger partial charge in [-0.2, -0.15) is 0 Å². The molecule has 1 N–H and O–H groups in total. The van der Waals surface area contributed by atoms with E-state index in [9.17, 15) is 0 Å². The van der Waals surface area contributed by atoms with Crippen LogP contribution in [0, 0.1) is 0 Å². The maximum Gasteiger partial charge on any atom is 0.193 e. The molecule has 4 heteroatoms. The number of nitrogens with zero attached hydrogens (tertiary/aromatic N) is 2. The maximum absolute atomic E-state index is 5.73. The van der Waals surface area contributed by atoms with Gasteiger partial charge in [0.15, 0.2) is 5.96 Å². The van der Waals surface area contributed by atoms with Crippen molar-refractivity contribution in [2.24, 2.45) is 4.99 Å². The zero-order valence-corrected chi connectivity index (χ0v) is 16.0. The molecule has 0 amide bonds. The Bertz CT molecular complexity index is 626. The molecule has 0 spiro atoms.